The number of hydrogen-bond acceptors (Lipinski definition) is 2. The summed E-state index contributed by atoms with van der Waals surface area (Å²) in [6.07, 6.45) is 0.0947. The van der Waals surface area contributed by atoms with Crippen LogP contribution in [-0.2, 0) is 4.79 Å². The lowest BCUT2D eigenvalue weighted by Crippen LogP contribution is -2.35. The van der Waals surface area contributed by atoms with Gasteiger partial charge in [-0.3, -0.25) is 4.79 Å². The van der Waals surface area contributed by atoms with Crippen LogP contribution in [0.25, 0.3) is 0 Å². The highest BCUT2D eigenvalue weighted by Gasteiger charge is 2.17. The Morgan fingerprint density at radius 2 is 1.75 bits per heavy atom. The van der Waals surface area contributed by atoms with Crippen LogP contribution in [0.2, 0.25) is 0 Å². The molecule has 0 saturated carbocycles. The number of halogens is 1. The lowest BCUT2D eigenvalue weighted by Gasteiger charge is -2.18. The van der Waals surface area contributed by atoms with Crippen LogP contribution in [0.3, 0.4) is 0 Å². The molecule has 0 bridgehead atoms. The molecule has 0 aromatic heterocycles. The van der Waals surface area contributed by atoms with Crippen LogP contribution in [0.1, 0.15) is 29.2 Å². The zero-order valence-corrected chi connectivity index (χ0v) is 15.2. The van der Waals surface area contributed by atoms with Gasteiger partial charge in [0.15, 0.2) is 0 Å². The van der Waals surface area contributed by atoms with E-state index in [4.69, 9.17) is 5.73 Å². The standard InChI is InChI=1S/C18H20BrN3O2/c1-11-3-8-15(9-12(11)2)21-17(23)10-16(22-18(20)24)13-4-6-14(19)7-5-13/h3-9,16H,10H2,1-2H3,(H,21,23)(H3,20,22,24)/t16-/m1/s1. The maximum absolute atomic E-state index is 12.3. The minimum absolute atomic E-state index is 0.0947. The molecular weight excluding hydrogens is 370 g/mol. The van der Waals surface area contributed by atoms with E-state index in [-0.39, 0.29) is 12.3 Å². The maximum Gasteiger partial charge on any atom is 0.312 e. The Morgan fingerprint density at radius 1 is 1.08 bits per heavy atom. The van der Waals surface area contributed by atoms with Crippen LogP contribution in [0, 0.1) is 13.8 Å². The number of carbonyl (C=O) groups is 2. The van der Waals surface area contributed by atoms with Gasteiger partial charge in [-0.15, -0.1) is 0 Å². The van der Waals surface area contributed by atoms with Crippen molar-refractivity contribution in [1.29, 1.82) is 0 Å². The molecule has 0 fully saturated rings. The van der Waals surface area contributed by atoms with E-state index in [2.05, 4.69) is 26.6 Å². The van der Waals surface area contributed by atoms with Crippen LogP contribution in [0.15, 0.2) is 46.9 Å². The molecule has 6 heteroatoms. The summed E-state index contributed by atoms with van der Waals surface area (Å²) in [4.78, 5) is 23.6. The number of carbonyl (C=O) groups excluding carboxylic acids is 2. The minimum atomic E-state index is -0.665. The Bertz CT molecular complexity index is 744. The predicted octanol–water partition coefficient (Wildman–Crippen LogP) is 3.80. The SMILES string of the molecule is Cc1ccc(NC(=O)C[C@@H](NC(N)=O)c2ccc(Br)cc2)cc1C. The molecule has 2 aromatic carbocycles. The monoisotopic (exact) mass is 389 g/mol. The molecule has 0 radical (unpaired) electrons. The van der Waals surface area contributed by atoms with Gasteiger partial charge in [-0.2, -0.15) is 0 Å². The van der Waals surface area contributed by atoms with E-state index in [1.54, 1.807) is 0 Å². The van der Waals surface area contributed by atoms with Crippen molar-refractivity contribution >= 4 is 33.6 Å². The molecular formula is C18H20BrN3O2. The largest absolute Gasteiger partial charge is 0.352 e. The molecule has 0 aliphatic heterocycles. The van der Waals surface area contributed by atoms with Gasteiger partial charge in [-0.1, -0.05) is 34.1 Å². The number of benzene rings is 2. The Balaban J connectivity index is 2.10. The maximum atomic E-state index is 12.3. The molecule has 5 nitrogen and oxygen atoms in total. The Kier molecular flexibility index (Phi) is 5.98. The number of nitrogens with two attached hydrogens (primary N) is 1. The van der Waals surface area contributed by atoms with E-state index in [0.717, 1.165) is 26.9 Å². The Labute approximate surface area is 149 Å². The van der Waals surface area contributed by atoms with E-state index in [1.807, 2.05) is 56.3 Å². The van der Waals surface area contributed by atoms with E-state index in [1.165, 1.54) is 0 Å². The van der Waals surface area contributed by atoms with Crippen LogP contribution < -0.4 is 16.4 Å². The first kappa shape index (κ1) is 18.0. The highest BCUT2D eigenvalue weighted by atomic mass is 79.9. The summed E-state index contributed by atoms with van der Waals surface area (Å²) in [7, 11) is 0. The highest BCUT2D eigenvalue weighted by molar-refractivity contribution is 9.10. The second kappa shape index (κ2) is 7.97. The lowest BCUT2D eigenvalue weighted by atomic mass is 10.0. The van der Waals surface area contributed by atoms with Crippen molar-refractivity contribution in [2.24, 2.45) is 5.73 Å². The van der Waals surface area contributed by atoms with Gasteiger partial charge < -0.3 is 16.4 Å². The molecule has 4 N–H and O–H groups in total. The van der Waals surface area contributed by atoms with Crippen molar-refractivity contribution < 1.29 is 9.59 Å². The summed E-state index contributed by atoms with van der Waals surface area (Å²) in [6, 6.07) is 12.0. The number of primary amides is 1. The first-order valence-corrected chi connectivity index (χ1v) is 8.33. The average molecular weight is 390 g/mol. The third-order valence-corrected chi connectivity index (χ3v) is 4.30. The van der Waals surface area contributed by atoms with Crippen LogP contribution in [0.4, 0.5) is 10.5 Å². The van der Waals surface area contributed by atoms with Gasteiger partial charge in [0.1, 0.15) is 0 Å². The second-order valence-electron chi connectivity index (χ2n) is 5.66. The van der Waals surface area contributed by atoms with Crippen molar-refractivity contribution in [2.75, 3.05) is 5.32 Å². The van der Waals surface area contributed by atoms with Gasteiger partial charge in [0.25, 0.3) is 0 Å². The Morgan fingerprint density at radius 3 is 2.33 bits per heavy atom. The third kappa shape index (κ3) is 5.09. The van der Waals surface area contributed by atoms with Crippen molar-refractivity contribution in [3.63, 3.8) is 0 Å². The normalized spacial score (nSPS) is 11.6. The smallest absolute Gasteiger partial charge is 0.312 e. The fourth-order valence-corrected chi connectivity index (χ4v) is 2.60. The zero-order valence-electron chi connectivity index (χ0n) is 13.6. The summed E-state index contributed by atoms with van der Waals surface area (Å²) in [5.41, 5.74) is 9.05. The summed E-state index contributed by atoms with van der Waals surface area (Å²) < 4.78 is 0.920. The van der Waals surface area contributed by atoms with Gasteiger partial charge in [-0.25, -0.2) is 4.79 Å². The second-order valence-corrected chi connectivity index (χ2v) is 6.58. The quantitative estimate of drug-likeness (QED) is 0.726. The van der Waals surface area contributed by atoms with Crippen molar-refractivity contribution in [3.05, 3.63) is 63.6 Å². The predicted molar refractivity (Wildman–Crippen MR) is 98.8 cm³/mol. The molecule has 0 spiro atoms. The first-order valence-electron chi connectivity index (χ1n) is 7.53. The Hall–Kier alpha value is -2.34. The fourth-order valence-electron chi connectivity index (χ4n) is 2.34. The molecule has 2 aromatic rings. The molecule has 126 valence electrons. The fraction of sp³-hybridized carbons (Fsp3) is 0.222. The molecule has 2 rings (SSSR count). The number of aryl methyl sites for hydroxylation is 2. The van der Waals surface area contributed by atoms with Crippen molar-refractivity contribution in [2.45, 2.75) is 26.3 Å². The first-order chi connectivity index (χ1) is 11.3. The number of rotatable bonds is 5. The number of hydrogen-bond donors (Lipinski definition) is 3. The van der Waals surface area contributed by atoms with Gasteiger partial charge in [0.2, 0.25) is 5.91 Å². The van der Waals surface area contributed by atoms with Crippen molar-refractivity contribution in [1.82, 2.24) is 5.32 Å². The summed E-state index contributed by atoms with van der Waals surface area (Å²) in [6.45, 7) is 4.01. The molecule has 3 amide bonds. The number of amides is 3. The highest BCUT2D eigenvalue weighted by Crippen LogP contribution is 2.21. The molecule has 0 heterocycles. The third-order valence-electron chi connectivity index (χ3n) is 3.77. The van der Waals surface area contributed by atoms with Crippen LogP contribution in [-0.4, -0.2) is 11.9 Å². The van der Waals surface area contributed by atoms with Gasteiger partial charge in [0.05, 0.1) is 12.5 Å². The van der Waals surface area contributed by atoms with E-state index < -0.39 is 12.1 Å². The molecule has 0 saturated heterocycles. The number of urea groups is 1. The van der Waals surface area contributed by atoms with E-state index in [9.17, 15) is 9.59 Å². The molecule has 1 atom stereocenters. The molecule has 0 aliphatic rings. The zero-order chi connectivity index (χ0) is 17.7. The summed E-state index contributed by atoms with van der Waals surface area (Å²) in [5, 5.41) is 5.47. The topological polar surface area (TPSA) is 84.2 Å². The summed E-state index contributed by atoms with van der Waals surface area (Å²) >= 11 is 3.36. The van der Waals surface area contributed by atoms with Crippen molar-refractivity contribution in [3.8, 4) is 0 Å². The molecule has 24 heavy (non-hydrogen) atoms. The summed E-state index contributed by atoms with van der Waals surface area (Å²) in [5.74, 6) is -0.195. The average Bonchev–Trinajstić information content (AvgIpc) is 2.50. The molecule has 0 unspecified atom stereocenters. The van der Waals surface area contributed by atoms with Crippen LogP contribution >= 0.6 is 15.9 Å². The van der Waals surface area contributed by atoms with E-state index >= 15 is 0 Å². The number of anilines is 1. The van der Waals surface area contributed by atoms with Gasteiger partial charge >= 0.3 is 6.03 Å². The van der Waals surface area contributed by atoms with Gasteiger partial charge in [-0.05, 0) is 54.8 Å². The number of nitrogens with one attached hydrogen (secondary N) is 2. The van der Waals surface area contributed by atoms with Crippen LogP contribution in [0.5, 0.6) is 0 Å². The van der Waals surface area contributed by atoms with Gasteiger partial charge in [0, 0.05) is 10.2 Å². The lowest BCUT2D eigenvalue weighted by molar-refractivity contribution is -0.116. The molecule has 0 aliphatic carbocycles. The minimum Gasteiger partial charge on any atom is -0.352 e. The van der Waals surface area contributed by atoms with E-state index in [0.29, 0.717) is 0 Å².